The van der Waals surface area contributed by atoms with Crippen molar-refractivity contribution in [3.63, 3.8) is 0 Å². The average Bonchev–Trinajstić information content (AvgIpc) is 2.73. The van der Waals surface area contributed by atoms with Crippen LogP contribution in [0.25, 0.3) is 0 Å². The van der Waals surface area contributed by atoms with Crippen LogP contribution in [0.2, 0.25) is 0 Å². The highest BCUT2D eigenvalue weighted by Crippen LogP contribution is 2.34. The van der Waals surface area contributed by atoms with E-state index in [2.05, 4.69) is 19.9 Å². The molecular formula is C19H13F6N5O. The highest BCUT2D eigenvalue weighted by molar-refractivity contribution is 5.45. The van der Waals surface area contributed by atoms with Gasteiger partial charge in [-0.05, 0) is 36.8 Å². The quantitative estimate of drug-likeness (QED) is 0.551. The number of hydrogen-bond acceptors (Lipinski definition) is 6. The molecule has 0 amide bonds. The molecule has 3 heterocycles. The topological polar surface area (TPSA) is 64.0 Å². The van der Waals surface area contributed by atoms with Gasteiger partial charge in [-0.15, -0.1) is 0 Å². The molecule has 4 rings (SSSR count). The fourth-order valence-electron chi connectivity index (χ4n) is 3.09. The van der Waals surface area contributed by atoms with Crippen LogP contribution in [-0.2, 0) is 25.3 Å². The maximum Gasteiger partial charge on any atom is 0.451 e. The Balaban J connectivity index is 1.54. The Labute approximate surface area is 171 Å². The highest BCUT2D eigenvalue weighted by atomic mass is 19.4. The number of aromatic nitrogens is 4. The first kappa shape index (κ1) is 20.8. The van der Waals surface area contributed by atoms with E-state index in [9.17, 15) is 26.3 Å². The number of anilines is 1. The Morgan fingerprint density at radius 3 is 2.29 bits per heavy atom. The van der Waals surface area contributed by atoms with Gasteiger partial charge in [0, 0.05) is 18.3 Å². The lowest BCUT2D eigenvalue weighted by atomic mass is 10.1. The van der Waals surface area contributed by atoms with Crippen molar-refractivity contribution >= 4 is 5.82 Å². The predicted octanol–water partition coefficient (Wildman–Crippen LogP) is 4.66. The van der Waals surface area contributed by atoms with Crippen LogP contribution in [0.15, 0.2) is 42.9 Å². The summed E-state index contributed by atoms with van der Waals surface area (Å²) in [6.07, 6.45) is -6.50. The summed E-state index contributed by atoms with van der Waals surface area (Å²) in [4.78, 5) is 16.7. The number of fused-ring (bicyclic) bond motifs is 1. The lowest BCUT2D eigenvalue weighted by molar-refractivity contribution is -0.145. The van der Waals surface area contributed by atoms with Gasteiger partial charge in [-0.1, -0.05) is 0 Å². The Hall–Kier alpha value is -3.44. The zero-order chi connectivity index (χ0) is 22.2. The number of ether oxygens (including phenoxy) is 1. The zero-order valence-corrected chi connectivity index (χ0v) is 15.6. The Morgan fingerprint density at radius 1 is 0.871 bits per heavy atom. The molecule has 0 radical (unpaired) electrons. The van der Waals surface area contributed by atoms with Gasteiger partial charge in [0.05, 0.1) is 17.8 Å². The molecule has 0 N–H and O–H groups in total. The molecule has 0 bridgehead atoms. The Morgan fingerprint density at radius 2 is 1.61 bits per heavy atom. The third kappa shape index (κ3) is 4.52. The first-order valence-electron chi connectivity index (χ1n) is 8.94. The van der Waals surface area contributed by atoms with Crippen LogP contribution in [0, 0.1) is 0 Å². The monoisotopic (exact) mass is 441 g/mol. The number of halogens is 6. The van der Waals surface area contributed by atoms with Gasteiger partial charge in [-0.3, -0.25) is 0 Å². The molecule has 1 aliphatic heterocycles. The number of benzene rings is 1. The van der Waals surface area contributed by atoms with Gasteiger partial charge in [0.15, 0.2) is 0 Å². The van der Waals surface area contributed by atoms with E-state index in [1.165, 1.54) is 24.5 Å². The van der Waals surface area contributed by atoms with Crippen molar-refractivity contribution in [3.8, 4) is 11.6 Å². The average molecular weight is 441 g/mol. The zero-order valence-electron chi connectivity index (χ0n) is 15.6. The molecule has 1 aliphatic rings. The van der Waals surface area contributed by atoms with Gasteiger partial charge < -0.3 is 9.64 Å². The summed E-state index contributed by atoms with van der Waals surface area (Å²) in [5.74, 6) is -0.772. The summed E-state index contributed by atoms with van der Waals surface area (Å²) >= 11 is 0. The standard InChI is InChI=1S/C19H13F6N5O/c20-18(21,22)11-1-3-12(4-2-11)31-16-13-6-8-30(9-14(13)27-10-28-16)15-5-7-26-17(29-15)19(23,24)25/h1-5,7,10H,6,8-9H2. The second kappa shape index (κ2) is 7.67. The SMILES string of the molecule is FC(F)(F)c1ccc(Oc2ncnc3c2CCN(c2ccnc(C(F)(F)F)n2)C3)cc1. The van der Waals surface area contributed by atoms with E-state index in [0.29, 0.717) is 24.2 Å². The minimum absolute atomic E-state index is 0.108. The molecule has 1 aromatic carbocycles. The van der Waals surface area contributed by atoms with Crippen LogP contribution in [0.4, 0.5) is 32.2 Å². The molecule has 0 atom stereocenters. The summed E-state index contributed by atoms with van der Waals surface area (Å²) < 4.78 is 82.4. The molecule has 0 spiro atoms. The lowest BCUT2D eigenvalue weighted by Gasteiger charge is -2.29. The number of hydrogen-bond donors (Lipinski definition) is 0. The largest absolute Gasteiger partial charge is 0.451 e. The van der Waals surface area contributed by atoms with E-state index in [1.54, 1.807) is 4.90 Å². The molecule has 0 fully saturated rings. The second-order valence-corrected chi connectivity index (χ2v) is 6.64. The summed E-state index contributed by atoms with van der Waals surface area (Å²) in [5.41, 5.74) is 0.349. The van der Waals surface area contributed by atoms with Crippen molar-refractivity contribution in [2.45, 2.75) is 25.3 Å². The fourth-order valence-corrected chi connectivity index (χ4v) is 3.09. The molecule has 12 heteroatoms. The van der Waals surface area contributed by atoms with E-state index in [1.807, 2.05) is 0 Å². The van der Waals surface area contributed by atoms with Crippen molar-refractivity contribution in [1.82, 2.24) is 19.9 Å². The predicted molar refractivity (Wildman–Crippen MR) is 95.3 cm³/mol. The smallest absolute Gasteiger partial charge is 0.439 e. The van der Waals surface area contributed by atoms with Crippen LogP contribution in [0.5, 0.6) is 11.6 Å². The van der Waals surface area contributed by atoms with Crippen LogP contribution >= 0.6 is 0 Å². The first-order chi connectivity index (χ1) is 14.6. The van der Waals surface area contributed by atoms with Gasteiger partial charge in [-0.25, -0.2) is 19.9 Å². The molecule has 162 valence electrons. The van der Waals surface area contributed by atoms with Crippen LogP contribution < -0.4 is 9.64 Å². The van der Waals surface area contributed by atoms with Crippen LogP contribution in [-0.4, -0.2) is 26.5 Å². The van der Waals surface area contributed by atoms with E-state index in [-0.39, 0.29) is 24.0 Å². The summed E-state index contributed by atoms with van der Waals surface area (Å²) in [6, 6.07) is 5.55. The Kier molecular flexibility index (Phi) is 5.15. The van der Waals surface area contributed by atoms with Crippen molar-refractivity contribution in [2.24, 2.45) is 0 Å². The van der Waals surface area contributed by atoms with Crippen molar-refractivity contribution < 1.29 is 31.1 Å². The van der Waals surface area contributed by atoms with Gasteiger partial charge >= 0.3 is 12.4 Å². The first-order valence-corrected chi connectivity index (χ1v) is 8.94. The summed E-state index contributed by atoms with van der Waals surface area (Å²) in [5, 5.41) is 0. The van der Waals surface area contributed by atoms with Crippen LogP contribution in [0.3, 0.4) is 0 Å². The van der Waals surface area contributed by atoms with E-state index < -0.39 is 23.7 Å². The van der Waals surface area contributed by atoms with Crippen LogP contribution in [0.1, 0.15) is 22.6 Å². The molecule has 0 saturated heterocycles. The second-order valence-electron chi connectivity index (χ2n) is 6.64. The summed E-state index contributed by atoms with van der Waals surface area (Å²) in [6.45, 7) is 0.480. The van der Waals surface area contributed by atoms with Crippen molar-refractivity contribution in [2.75, 3.05) is 11.4 Å². The number of alkyl halides is 6. The lowest BCUT2D eigenvalue weighted by Crippen LogP contribution is -2.32. The molecule has 0 unspecified atom stereocenters. The minimum atomic E-state index is -4.66. The third-order valence-corrected chi connectivity index (χ3v) is 4.58. The van der Waals surface area contributed by atoms with Crippen molar-refractivity contribution in [3.05, 3.63) is 65.5 Å². The number of rotatable bonds is 3. The summed E-state index contributed by atoms with van der Waals surface area (Å²) in [7, 11) is 0. The maximum absolute atomic E-state index is 12.9. The highest BCUT2D eigenvalue weighted by Gasteiger charge is 2.35. The van der Waals surface area contributed by atoms with Gasteiger partial charge in [0.2, 0.25) is 11.7 Å². The molecular weight excluding hydrogens is 428 g/mol. The van der Waals surface area contributed by atoms with Gasteiger partial charge in [0.25, 0.3) is 0 Å². The van der Waals surface area contributed by atoms with E-state index in [4.69, 9.17) is 4.74 Å². The number of nitrogens with zero attached hydrogens (tertiary/aromatic N) is 5. The molecule has 31 heavy (non-hydrogen) atoms. The van der Waals surface area contributed by atoms with E-state index in [0.717, 1.165) is 18.3 Å². The maximum atomic E-state index is 12.9. The molecule has 6 nitrogen and oxygen atoms in total. The third-order valence-electron chi connectivity index (χ3n) is 4.58. The fraction of sp³-hybridized carbons (Fsp3) is 0.263. The molecule has 0 aliphatic carbocycles. The molecule has 2 aromatic heterocycles. The normalized spacial score (nSPS) is 14.3. The minimum Gasteiger partial charge on any atom is -0.439 e. The molecule has 0 saturated carbocycles. The Bertz CT molecular complexity index is 1080. The van der Waals surface area contributed by atoms with Gasteiger partial charge in [0.1, 0.15) is 17.9 Å². The van der Waals surface area contributed by atoms with Crippen molar-refractivity contribution in [1.29, 1.82) is 0 Å². The molecule has 3 aromatic rings. The van der Waals surface area contributed by atoms with Gasteiger partial charge in [-0.2, -0.15) is 26.3 Å². The van der Waals surface area contributed by atoms with E-state index >= 15 is 0 Å².